The fourth-order valence-electron chi connectivity index (χ4n) is 2.48. The SMILES string of the molecule is CC(C)CCOc1ccc(Cl)cc1C(=O)N[C@@H](C)c1ccc(C(=O)O)cc1. The topological polar surface area (TPSA) is 75.6 Å². The van der Waals surface area contributed by atoms with Crippen LogP contribution in [0.4, 0.5) is 0 Å². The second kappa shape index (κ2) is 9.42. The van der Waals surface area contributed by atoms with Gasteiger partial charge in [0, 0.05) is 5.02 Å². The second-order valence-corrected chi connectivity index (χ2v) is 7.23. The number of ether oxygens (including phenoxy) is 1. The minimum absolute atomic E-state index is 0.202. The minimum Gasteiger partial charge on any atom is -0.493 e. The van der Waals surface area contributed by atoms with Crippen molar-refractivity contribution < 1.29 is 19.4 Å². The fourth-order valence-corrected chi connectivity index (χ4v) is 2.65. The van der Waals surface area contributed by atoms with Crippen molar-refractivity contribution in [2.45, 2.75) is 33.2 Å². The third-order valence-electron chi connectivity index (χ3n) is 4.14. The molecule has 0 saturated heterocycles. The molecule has 0 saturated carbocycles. The first kappa shape index (κ1) is 20.8. The van der Waals surface area contributed by atoms with Crippen LogP contribution in [0.5, 0.6) is 5.75 Å². The summed E-state index contributed by atoms with van der Waals surface area (Å²) in [6.45, 7) is 6.57. The van der Waals surface area contributed by atoms with E-state index < -0.39 is 5.97 Å². The average molecular weight is 390 g/mol. The normalized spacial score (nSPS) is 11.9. The smallest absolute Gasteiger partial charge is 0.335 e. The number of nitrogens with one attached hydrogen (secondary N) is 1. The van der Waals surface area contributed by atoms with E-state index in [1.165, 1.54) is 12.1 Å². The Hall–Kier alpha value is -2.53. The van der Waals surface area contributed by atoms with Crippen LogP contribution in [0.1, 0.15) is 59.5 Å². The molecule has 27 heavy (non-hydrogen) atoms. The van der Waals surface area contributed by atoms with Crippen molar-refractivity contribution in [3.63, 3.8) is 0 Å². The van der Waals surface area contributed by atoms with Crippen molar-refractivity contribution in [1.29, 1.82) is 0 Å². The highest BCUT2D eigenvalue weighted by Crippen LogP contribution is 2.24. The molecule has 0 aliphatic carbocycles. The lowest BCUT2D eigenvalue weighted by Gasteiger charge is -2.17. The zero-order valence-corrected chi connectivity index (χ0v) is 16.4. The number of hydrogen-bond acceptors (Lipinski definition) is 3. The third kappa shape index (κ3) is 6.00. The van der Waals surface area contributed by atoms with E-state index >= 15 is 0 Å². The molecule has 0 fully saturated rings. The van der Waals surface area contributed by atoms with Crippen LogP contribution in [0.2, 0.25) is 5.02 Å². The molecule has 2 aromatic rings. The van der Waals surface area contributed by atoms with Gasteiger partial charge in [-0.05, 0) is 55.2 Å². The first-order valence-electron chi connectivity index (χ1n) is 8.84. The van der Waals surface area contributed by atoms with E-state index in [-0.39, 0.29) is 17.5 Å². The van der Waals surface area contributed by atoms with E-state index in [0.29, 0.717) is 28.9 Å². The molecule has 1 atom stereocenters. The number of carbonyl (C=O) groups excluding carboxylic acids is 1. The molecule has 2 rings (SSSR count). The number of carboxylic acids is 1. The Morgan fingerprint density at radius 3 is 2.37 bits per heavy atom. The van der Waals surface area contributed by atoms with Crippen molar-refractivity contribution in [2.75, 3.05) is 6.61 Å². The van der Waals surface area contributed by atoms with Crippen LogP contribution in [0.3, 0.4) is 0 Å². The zero-order chi connectivity index (χ0) is 20.0. The summed E-state index contributed by atoms with van der Waals surface area (Å²) in [6, 6.07) is 11.1. The Morgan fingerprint density at radius 2 is 1.78 bits per heavy atom. The van der Waals surface area contributed by atoms with Gasteiger partial charge >= 0.3 is 5.97 Å². The molecule has 0 aromatic heterocycles. The molecule has 0 aliphatic rings. The van der Waals surface area contributed by atoms with Crippen molar-refractivity contribution in [1.82, 2.24) is 5.32 Å². The Bertz CT molecular complexity index is 802. The number of rotatable bonds is 8. The van der Waals surface area contributed by atoms with E-state index in [1.54, 1.807) is 30.3 Å². The summed E-state index contributed by atoms with van der Waals surface area (Å²) in [4.78, 5) is 23.7. The van der Waals surface area contributed by atoms with Crippen LogP contribution in [-0.2, 0) is 0 Å². The first-order valence-corrected chi connectivity index (χ1v) is 9.22. The third-order valence-corrected chi connectivity index (χ3v) is 4.38. The molecule has 6 heteroatoms. The number of aromatic carboxylic acids is 1. The molecule has 144 valence electrons. The van der Waals surface area contributed by atoms with Gasteiger partial charge in [0.1, 0.15) is 5.75 Å². The van der Waals surface area contributed by atoms with Gasteiger partial charge in [-0.15, -0.1) is 0 Å². The number of hydrogen-bond donors (Lipinski definition) is 2. The maximum atomic E-state index is 12.7. The van der Waals surface area contributed by atoms with E-state index in [1.807, 2.05) is 6.92 Å². The number of amides is 1. The van der Waals surface area contributed by atoms with Gasteiger partial charge in [0.15, 0.2) is 0 Å². The average Bonchev–Trinajstić information content (AvgIpc) is 2.62. The summed E-state index contributed by atoms with van der Waals surface area (Å²) in [6.07, 6.45) is 0.885. The molecule has 5 nitrogen and oxygen atoms in total. The van der Waals surface area contributed by atoms with E-state index in [4.69, 9.17) is 21.4 Å². The largest absolute Gasteiger partial charge is 0.493 e. The highest BCUT2D eigenvalue weighted by atomic mass is 35.5. The molecule has 0 heterocycles. The van der Waals surface area contributed by atoms with Gasteiger partial charge in [-0.25, -0.2) is 4.79 Å². The number of carbonyl (C=O) groups is 2. The maximum absolute atomic E-state index is 12.7. The standard InChI is InChI=1S/C21H24ClNO4/c1-13(2)10-11-27-19-9-8-17(22)12-18(19)20(24)23-14(3)15-4-6-16(7-5-15)21(25)26/h4-9,12-14H,10-11H2,1-3H3,(H,23,24)(H,25,26)/t14-/m0/s1. The Kier molecular flexibility index (Phi) is 7.25. The van der Waals surface area contributed by atoms with Gasteiger partial charge in [0.2, 0.25) is 0 Å². The van der Waals surface area contributed by atoms with E-state index in [9.17, 15) is 9.59 Å². The zero-order valence-electron chi connectivity index (χ0n) is 15.7. The van der Waals surface area contributed by atoms with Crippen molar-refractivity contribution in [3.8, 4) is 5.75 Å². The van der Waals surface area contributed by atoms with Crippen LogP contribution in [0.15, 0.2) is 42.5 Å². The van der Waals surface area contributed by atoms with Crippen molar-refractivity contribution in [2.24, 2.45) is 5.92 Å². The summed E-state index contributed by atoms with van der Waals surface area (Å²) in [5, 5.41) is 12.3. The van der Waals surface area contributed by atoms with Gasteiger partial charge in [-0.2, -0.15) is 0 Å². The molecular weight excluding hydrogens is 366 g/mol. The van der Waals surface area contributed by atoms with Gasteiger partial charge in [-0.3, -0.25) is 4.79 Å². The molecule has 0 radical (unpaired) electrons. The van der Waals surface area contributed by atoms with Crippen molar-refractivity contribution in [3.05, 3.63) is 64.2 Å². The maximum Gasteiger partial charge on any atom is 0.335 e. The fraction of sp³-hybridized carbons (Fsp3) is 0.333. The lowest BCUT2D eigenvalue weighted by atomic mass is 10.1. The first-order chi connectivity index (χ1) is 12.8. The number of halogens is 1. The summed E-state index contributed by atoms with van der Waals surface area (Å²) >= 11 is 6.05. The number of carboxylic acid groups (broad SMARTS) is 1. The minimum atomic E-state index is -0.986. The molecule has 0 bridgehead atoms. The van der Waals surface area contributed by atoms with Crippen LogP contribution in [0, 0.1) is 5.92 Å². The Morgan fingerprint density at radius 1 is 1.11 bits per heavy atom. The molecule has 0 spiro atoms. The summed E-state index contributed by atoms with van der Waals surface area (Å²) in [5.41, 5.74) is 1.38. The second-order valence-electron chi connectivity index (χ2n) is 6.79. The molecule has 2 aromatic carbocycles. The van der Waals surface area contributed by atoms with E-state index in [2.05, 4.69) is 19.2 Å². The summed E-state index contributed by atoms with van der Waals surface area (Å²) < 4.78 is 5.77. The predicted octanol–water partition coefficient (Wildman–Crippen LogP) is 4.95. The lowest BCUT2D eigenvalue weighted by molar-refractivity contribution is 0.0696. The van der Waals surface area contributed by atoms with Crippen LogP contribution >= 0.6 is 11.6 Å². The van der Waals surface area contributed by atoms with Gasteiger partial charge in [-0.1, -0.05) is 37.6 Å². The molecule has 1 amide bonds. The van der Waals surface area contributed by atoms with Gasteiger partial charge in [0.05, 0.1) is 23.8 Å². The van der Waals surface area contributed by atoms with Gasteiger partial charge in [0.25, 0.3) is 5.91 Å². The lowest BCUT2D eigenvalue weighted by Crippen LogP contribution is -2.27. The number of benzene rings is 2. The molecular formula is C21H24ClNO4. The summed E-state index contributed by atoms with van der Waals surface area (Å²) in [7, 11) is 0. The molecule has 0 aliphatic heterocycles. The Labute approximate surface area is 164 Å². The predicted molar refractivity (Wildman–Crippen MR) is 106 cm³/mol. The van der Waals surface area contributed by atoms with Crippen molar-refractivity contribution >= 4 is 23.5 Å². The molecule has 2 N–H and O–H groups in total. The highest BCUT2D eigenvalue weighted by Gasteiger charge is 2.17. The van der Waals surface area contributed by atoms with Crippen LogP contribution in [-0.4, -0.2) is 23.6 Å². The quantitative estimate of drug-likeness (QED) is 0.669. The monoisotopic (exact) mass is 389 g/mol. The summed E-state index contributed by atoms with van der Waals surface area (Å²) in [5.74, 6) is -0.290. The Balaban J connectivity index is 2.11. The van der Waals surface area contributed by atoms with E-state index in [0.717, 1.165) is 12.0 Å². The van der Waals surface area contributed by atoms with Crippen LogP contribution < -0.4 is 10.1 Å². The highest BCUT2D eigenvalue weighted by molar-refractivity contribution is 6.31. The van der Waals surface area contributed by atoms with Gasteiger partial charge < -0.3 is 15.2 Å². The molecule has 0 unspecified atom stereocenters. The van der Waals surface area contributed by atoms with Crippen LogP contribution in [0.25, 0.3) is 0 Å².